The third-order valence-electron chi connectivity index (χ3n) is 1.95. The lowest BCUT2D eigenvalue weighted by Gasteiger charge is -2.07. The Morgan fingerprint density at radius 3 is 3.08 bits per heavy atom. The molecule has 3 heteroatoms. The minimum atomic E-state index is 1.00. The van der Waals surface area contributed by atoms with Crippen molar-refractivity contribution in [1.29, 1.82) is 0 Å². The van der Waals surface area contributed by atoms with Gasteiger partial charge in [-0.15, -0.1) is 11.3 Å². The Bertz CT molecular complexity index is 406. The fraction of sp³-hybridized carbons (Fsp3) is 0.300. The summed E-state index contributed by atoms with van der Waals surface area (Å²) in [6, 6.07) is 2.09. The molecule has 0 aliphatic rings. The smallest absolute Gasteiger partial charge is 0.0529 e. The minimum Gasteiger partial charge on any atom is -0.305 e. The molecule has 2 aromatic heterocycles. The van der Waals surface area contributed by atoms with Gasteiger partial charge >= 0.3 is 0 Å². The Hall–Kier alpha value is -0.930. The number of hydrogen-bond donors (Lipinski definition) is 0. The first-order chi connectivity index (χ1) is 6.27. The van der Waals surface area contributed by atoms with E-state index in [-0.39, 0.29) is 0 Å². The van der Waals surface area contributed by atoms with E-state index < -0.39 is 0 Å². The molecule has 0 aliphatic carbocycles. The van der Waals surface area contributed by atoms with Crippen molar-refractivity contribution in [2.45, 2.75) is 6.54 Å². The van der Waals surface area contributed by atoms with Crippen molar-refractivity contribution in [3.63, 3.8) is 0 Å². The highest BCUT2D eigenvalue weighted by molar-refractivity contribution is 7.17. The summed E-state index contributed by atoms with van der Waals surface area (Å²) in [7, 11) is 4.18. The Labute approximate surface area is 81.8 Å². The molecule has 0 unspecified atom stereocenters. The molecule has 2 rings (SSSR count). The molecule has 0 atom stereocenters. The number of hydrogen-bond acceptors (Lipinski definition) is 3. The van der Waals surface area contributed by atoms with Crippen LogP contribution in [0.3, 0.4) is 0 Å². The zero-order valence-corrected chi connectivity index (χ0v) is 8.64. The number of aromatic nitrogens is 1. The van der Waals surface area contributed by atoms with E-state index in [1.54, 1.807) is 11.3 Å². The van der Waals surface area contributed by atoms with Crippen molar-refractivity contribution in [2.75, 3.05) is 14.1 Å². The standard InChI is InChI=1S/C10H12N2S/c1-12(2)6-8-7-13-10-5-11-4-3-9(8)10/h3-5,7H,6H2,1-2H3. The van der Waals surface area contributed by atoms with Crippen LogP contribution < -0.4 is 0 Å². The number of pyridine rings is 1. The van der Waals surface area contributed by atoms with Gasteiger partial charge in [-0.1, -0.05) is 0 Å². The van der Waals surface area contributed by atoms with Crippen LogP contribution in [0, 0.1) is 0 Å². The van der Waals surface area contributed by atoms with Crippen LogP contribution in [0.2, 0.25) is 0 Å². The molecule has 0 aromatic carbocycles. The first-order valence-corrected chi connectivity index (χ1v) is 5.10. The number of rotatable bonds is 2. The molecule has 0 bridgehead atoms. The minimum absolute atomic E-state index is 1.00. The topological polar surface area (TPSA) is 16.1 Å². The van der Waals surface area contributed by atoms with E-state index in [0.29, 0.717) is 0 Å². The fourth-order valence-electron chi connectivity index (χ4n) is 1.40. The predicted octanol–water partition coefficient (Wildman–Crippen LogP) is 2.36. The first-order valence-electron chi connectivity index (χ1n) is 4.22. The van der Waals surface area contributed by atoms with E-state index >= 15 is 0 Å². The van der Waals surface area contributed by atoms with Crippen molar-refractivity contribution >= 4 is 21.4 Å². The summed E-state index contributed by atoms with van der Waals surface area (Å²) >= 11 is 1.77. The largest absolute Gasteiger partial charge is 0.305 e. The molecule has 13 heavy (non-hydrogen) atoms. The second-order valence-corrected chi connectivity index (χ2v) is 4.28. The van der Waals surface area contributed by atoms with Gasteiger partial charge in [0.2, 0.25) is 0 Å². The lowest BCUT2D eigenvalue weighted by atomic mass is 10.2. The SMILES string of the molecule is CN(C)Cc1csc2cnccc12. The summed E-state index contributed by atoms with van der Waals surface area (Å²) < 4.78 is 1.28. The molecule has 0 aliphatic heterocycles. The highest BCUT2D eigenvalue weighted by Crippen LogP contribution is 2.25. The van der Waals surface area contributed by atoms with Gasteiger partial charge < -0.3 is 4.90 Å². The van der Waals surface area contributed by atoms with Gasteiger partial charge in [-0.05, 0) is 31.1 Å². The number of fused-ring (bicyclic) bond motifs is 1. The summed E-state index contributed by atoms with van der Waals surface area (Å²) in [5.74, 6) is 0. The summed E-state index contributed by atoms with van der Waals surface area (Å²) in [5, 5.41) is 3.56. The van der Waals surface area contributed by atoms with E-state index in [0.717, 1.165) is 6.54 Å². The molecule has 0 radical (unpaired) electrons. The van der Waals surface area contributed by atoms with Crippen LogP contribution in [0.4, 0.5) is 0 Å². The van der Waals surface area contributed by atoms with Gasteiger partial charge in [-0.3, -0.25) is 4.98 Å². The molecule has 2 heterocycles. The van der Waals surface area contributed by atoms with Crippen molar-refractivity contribution in [1.82, 2.24) is 9.88 Å². The normalized spacial score (nSPS) is 11.3. The highest BCUT2D eigenvalue weighted by atomic mass is 32.1. The molecule has 0 saturated carbocycles. The Kier molecular flexibility index (Phi) is 2.29. The van der Waals surface area contributed by atoms with E-state index in [2.05, 4.69) is 35.4 Å². The van der Waals surface area contributed by atoms with Gasteiger partial charge in [0.05, 0.1) is 4.70 Å². The number of nitrogens with zero attached hydrogens (tertiary/aromatic N) is 2. The van der Waals surface area contributed by atoms with Crippen LogP contribution in [-0.4, -0.2) is 24.0 Å². The van der Waals surface area contributed by atoms with Crippen molar-refractivity contribution < 1.29 is 0 Å². The van der Waals surface area contributed by atoms with Crippen molar-refractivity contribution in [2.24, 2.45) is 0 Å². The summed E-state index contributed by atoms with van der Waals surface area (Å²) in [5.41, 5.74) is 1.40. The summed E-state index contributed by atoms with van der Waals surface area (Å²) in [6.07, 6.45) is 3.79. The van der Waals surface area contributed by atoms with Crippen LogP contribution in [0.25, 0.3) is 10.1 Å². The molecule has 0 saturated heterocycles. The Morgan fingerprint density at radius 1 is 1.46 bits per heavy atom. The van der Waals surface area contributed by atoms with Gasteiger partial charge in [0.1, 0.15) is 0 Å². The van der Waals surface area contributed by atoms with Gasteiger partial charge in [-0.25, -0.2) is 0 Å². The zero-order chi connectivity index (χ0) is 9.26. The molecule has 2 aromatic rings. The molecular formula is C10H12N2S. The Balaban J connectivity index is 2.46. The second kappa shape index (κ2) is 3.44. The highest BCUT2D eigenvalue weighted by Gasteiger charge is 2.03. The van der Waals surface area contributed by atoms with Crippen molar-refractivity contribution in [3.05, 3.63) is 29.4 Å². The van der Waals surface area contributed by atoms with Gasteiger partial charge in [-0.2, -0.15) is 0 Å². The van der Waals surface area contributed by atoms with Crippen LogP contribution >= 0.6 is 11.3 Å². The van der Waals surface area contributed by atoms with E-state index in [4.69, 9.17) is 0 Å². The molecule has 0 amide bonds. The van der Waals surface area contributed by atoms with Crippen LogP contribution in [0.5, 0.6) is 0 Å². The van der Waals surface area contributed by atoms with Gasteiger partial charge in [0.25, 0.3) is 0 Å². The first kappa shape index (κ1) is 8.66. The molecule has 2 nitrogen and oxygen atoms in total. The molecule has 68 valence electrons. The van der Waals surface area contributed by atoms with E-state index in [1.165, 1.54) is 15.6 Å². The lowest BCUT2D eigenvalue weighted by Crippen LogP contribution is -2.09. The number of thiophene rings is 1. The molecule has 0 spiro atoms. The predicted molar refractivity (Wildman–Crippen MR) is 57.0 cm³/mol. The van der Waals surface area contributed by atoms with Gasteiger partial charge in [0.15, 0.2) is 0 Å². The maximum atomic E-state index is 4.10. The summed E-state index contributed by atoms with van der Waals surface area (Å²) in [4.78, 5) is 6.28. The lowest BCUT2D eigenvalue weighted by molar-refractivity contribution is 0.404. The molecule has 0 N–H and O–H groups in total. The van der Waals surface area contributed by atoms with Crippen LogP contribution in [0.15, 0.2) is 23.8 Å². The quantitative estimate of drug-likeness (QED) is 0.726. The third kappa shape index (κ3) is 1.71. The molecule has 0 fully saturated rings. The van der Waals surface area contributed by atoms with Crippen molar-refractivity contribution in [3.8, 4) is 0 Å². The average molecular weight is 192 g/mol. The summed E-state index contributed by atoms with van der Waals surface area (Å²) in [6.45, 7) is 1.00. The van der Waals surface area contributed by atoms with E-state index in [1.807, 2.05) is 12.4 Å². The fourth-order valence-corrected chi connectivity index (χ4v) is 2.32. The average Bonchev–Trinajstić information content (AvgIpc) is 2.48. The van der Waals surface area contributed by atoms with Gasteiger partial charge in [0, 0.05) is 24.3 Å². The molecular weight excluding hydrogens is 180 g/mol. The second-order valence-electron chi connectivity index (χ2n) is 3.37. The maximum Gasteiger partial charge on any atom is 0.0529 e. The third-order valence-corrected chi connectivity index (χ3v) is 2.93. The zero-order valence-electron chi connectivity index (χ0n) is 7.82. The van der Waals surface area contributed by atoms with Crippen LogP contribution in [-0.2, 0) is 6.54 Å². The Morgan fingerprint density at radius 2 is 2.31 bits per heavy atom. The monoisotopic (exact) mass is 192 g/mol. The maximum absolute atomic E-state index is 4.10. The van der Waals surface area contributed by atoms with E-state index in [9.17, 15) is 0 Å². The van der Waals surface area contributed by atoms with Crippen LogP contribution in [0.1, 0.15) is 5.56 Å².